The average Bonchev–Trinajstić information content (AvgIpc) is 2.83. The molecular formula is C12H19ClFN2O13P3. The number of halogens is 2. The summed E-state index contributed by atoms with van der Waals surface area (Å²) < 4.78 is 65.6. The molecule has 2 aliphatic heterocycles. The fourth-order valence-electron chi connectivity index (χ4n) is 2.77. The highest BCUT2D eigenvalue weighted by Crippen LogP contribution is 2.66. The molecule has 15 nitrogen and oxygen atoms in total. The minimum atomic E-state index is -5.81. The molecule has 0 aromatic carbocycles. The summed E-state index contributed by atoms with van der Waals surface area (Å²) in [5.74, 6) is -0.579. The maximum absolute atomic E-state index is 14.5. The molecule has 0 bridgehead atoms. The first-order valence-electron chi connectivity index (χ1n) is 8.28. The third-order valence-corrected chi connectivity index (χ3v) is 8.43. The van der Waals surface area contributed by atoms with Gasteiger partial charge in [0, 0.05) is 12.3 Å². The van der Waals surface area contributed by atoms with Crippen molar-refractivity contribution in [2.75, 3.05) is 6.61 Å². The fourth-order valence-corrected chi connectivity index (χ4v) is 6.21. The first kappa shape index (κ1) is 27.5. The normalized spacial score (nSPS) is 33.5. The number of hydrogen-bond acceptors (Lipinski definition) is 10. The monoisotopic (exact) mass is 546 g/mol. The van der Waals surface area contributed by atoms with Gasteiger partial charge in [0.15, 0.2) is 11.8 Å². The number of amides is 1. The SMILES string of the molecule is C=C1NC(=O)C=CN1[C@@H]1O[C@@](COP(=O)(O)OP(=O)(O)OP(=O)(O)O)(C(C)F)[C@@H](O)[C@H]1Cl. The Balaban J connectivity index is 2.22. The number of phosphoric ester groups is 1. The Morgan fingerprint density at radius 3 is 2.41 bits per heavy atom. The van der Waals surface area contributed by atoms with E-state index in [9.17, 15) is 37.8 Å². The van der Waals surface area contributed by atoms with Gasteiger partial charge in [-0.05, 0) is 6.92 Å². The van der Waals surface area contributed by atoms with E-state index in [4.69, 9.17) is 26.1 Å². The van der Waals surface area contributed by atoms with Gasteiger partial charge in [-0.3, -0.25) is 9.32 Å². The van der Waals surface area contributed by atoms with Crippen LogP contribution in [0, 0.1) is 0 Å². The van der Waals surface area contributed by atoms with Gasteiger partial charge in [-0.15, -0.1) is 11.6 Å². The van der Waals surface area contributed by atoms with Crippen LogP contribution in [-0.2, 0) is 36.4 Å². The summed E-state index contributed by atoms with van der Waals surface area (Å²) in [5, 5.41) is 11.4. The van der Waals surface area contributed by atoms with Gasteiger partial charge in [0.1, 0.15) is 23.5 Å². The summed E-state index contributed by atoms with van der Waals surface area (Å²) in [6, 6.07) is 0. The summed E-state index contributed by atoms with van der Waals surface area (Å²) in [5.41, 5.74) is -2.43. The van der Waals surface area contributed by atoms with Crippen molar-refractivity contribution in [3.63, 3.8) is 0 Å². The lowest BCUT2D eigenvalue weighted by Gasteiger charge is -2.35. The maximum atomic E-state index is 14.5. The van der Waals surface area contributed by atoms with Gasteiger partial charge in [-0.1, -0.05) is 6.58 Å². The van der Waals surface area contributed by atoms with Crippen molar-refractivity contribution in [1.82, 2.24) is 10.2 Å². The number of nitrogens with zero attached hydrogens (tertiary/aromatic N) is 1. The Hall–Kier alpha value is -0.700. The smallest absolute Gasteiger partial charge is 0.388 e. The fraction of sp³-hybridized carbons (Fsp3) is 0.583. The van der Waals surface area contributed by atoms with E-state index in [-0.39, 0.29) is 5.82 Å². The standard InChI is InChI=1S/C12H19ClFN2O13P3/c1-6(14)12(5-26-31(22,23)29-32(24,25)28-30(19,20)21)10(18)9(13)11(27-12)16-4-3-8(17)15-7(16)2/h3-4,6,9-11,18H,2,5H2,1H3,(H,15,17)(H,22,23)(H,24,25)(H2,19,20,21)/t6?,9-,10+,11-,12+/m1/s1. The largest absolute Gasteiger partial charge is 0.490 e. The lowest BCUT2D eigenvalue weighted by atomic mass is 9.93. The van der Waals surface area contributed by atoms with E-state index < -0.39 is 65.5 Å². The Kier molecular flexibility index (Phi) is 8.19. The van der Waals surface area contributed by atoms with E-state index >= 15 is 0 Å². The van der Waals surface area contributed by atoms with E-state index in [1.54, 1.807) is 0 Å². The molecule has 184 valence electrons. The number of ether oxygens (including phenoxy) is 1. The molecule has 0 saturated carbocycles. The summed E-state index contributed by atoms with van der Waals surface area (Å²) in [7, 11) is -17.1. The highest BCUT2D eigenvalue weighted by Gasteiger charge is 2.60. The van der Waals surface area contributed by atoms with Crippen molar-refractivity contribution < 1.29 is 65.4 Å². The summed E-state index contributed by atoms with van der Waals surface area (Å²) in [6.07, 6.45) is -3.17. The van der Waals surface area contributed by atoms with Crippen LogP contribution in [0.3, 0.4) is 0 Å². The summed E-state index contributed by atoms with van der Waals surface area (Å²) in [6.45, 7) is 3.15. The van der Waals surface area contributed by atoms with E-state index in [1.807, 2.05) is 0 Å². The molecule has 0 aliphatic carbocycles. The average molecular weight is 547 g/mol. The van der Waals surface area contributed by atoms with Crippen molar-refractivity contribution >= 4 is 41.0 Å². The molecule has 2 aliphatic rings. The molecular weight excluding hydrogens is 528 g/mol. The van der Waals surface area contributed by atoms with Gasteiger partial charge in [0.2, 0.25) is 0 Å². The first-order chi connectivity index (χ1) is 14.4. The topological polar surface area (TPSA) is 222 Å². The highest BCUT2D eigenvalue weighted by molar-refractivity contribution is 7.66. The number of rotatable bonds is 9. The van der Waals surface area contributed by atoms with Crippen LogP contribution in [0.4, 0.5) is 4.39 Å². The van der Waals surface area contributed by atoms with Crippen LogP contribution in [0.1, 0.15) is 6.92 Å². The molecule has 2 heterocycles. The van der Waals surface area contributed by atoms with E-state index in [1.165, 1.54) is 6.20 Å². The molecule has 1 amide bonds. The van der Waals surface area contributed by atoms with Crippen LogP contribution in [-0.4, -0.2) is 71.6 Å². The van der Waals surface area contributed by atoms with Crippen molar-refractivity contribution in [2.45, 2.75) is 36.4 Å². The minimum Gasteiger partial charge on any atom is -0.388 e. The van der Waals surface area contributed by atoms with Crippen molar-refractivity contribution in [3.05, 3.63) is 24.7 Å². The maximum Gasteiger partial charge on any atom is 0.490 e. The van der Waals surface area contributed by atoms with Crippen LogP contribution in [0.5, 0.6) is 0 Å². The Bertz CT molecular complexity index is 943. The molecule has 3 unspecified atom stereocenters. The summed E-state index contributed by atoms with van der Waals surface area (Å²) >= 11 is 6.14. The molecule has 20 heteroatoms. The van der Waals surface area contributed by atoms with Gasteiger partial charge in [-0.25, -0.2) is 18.1 Å². The predicted molar refractivity (Wildman–Crippen MR) is 102 cm³/mol. The number of alkyl halides is 2. The zero-order valence-corrected chi connectivity index (χ0v) is 19.4. The molecule has 1 fully saturated rings. The second-order valence-electron chi connectivity index (χ2n) is 6.49. The predicted octanol–water partition coefficient (Wildman–Crippen LogP) is 0.168. The molecule has 0 spiro atoms. The van der Waals surface area contributed by atoms with Crippen LogP contribution in [0.15, 0.2) is 24.7 Å². The first-order valence-corrected chi connectivity index (χ1v) is 13.2. The minimum absolute atomic E-state index is 0.0458. The molecule has 0 aromatic heterocycles. The second-order valence-corrected chi connectivity index (χ2v) is 11.4. The quantitative estimate of drug-likeness (QED) is 0.168. The Morgan fingerprint density at radius 1 is 1.31 bits per heavy atom. The molecule has 7 atom stereocenters. The van der Waals surface area contributed by atoms with Crippen molar-refractivity contribution in [2.24, 2.45) is 0 Å². The van der Waals surface area contributed by atoms with Crippen LogP contribution in [0.2, 0.25) is 0 Å². The number of aliphatic hydroxyl groups excluding tert-OH is 1. The molecule has 32 heavy (non-hydrogen) atoms. The Morgan fingerprint density at radius 2 is 1.91 bits per heavy atom. The summed E-state index contributed by atoms with van der Waals surface area (Å²) in [4.78, 5) is 48.3. The number of hydrogen-bond donors (Lipinski definition) is 6. The van der Waals surface area contributed by atoms with E-state index in [0.717, 1.165) is 17.9 Å². The van der Waals surface area contributed by atoms with Gasteiger partial charge < -0.3 is 39.6 Å². The highest BCUT2D eigenvalue weighted by atomic mass is 35.5. The van der Waals surface area contributed by atoms with Crippen LogP contribution >= 0.6 is 35.1 Å². The molecule has 0 radical (unpaired) electrons. The van der Waals surface area contributed by atoms with Gasteiger partial charge >= 0.3 is 23.5 Å². The molecule has 2 rings (SSSR count). The van der Waals surface area contributed by atoms with E-state index in [2.05, 4.69) is 25.0 Å². The van der Waals surface area contributed by atoms with E-state index in [0.29, 0.717) is 0 Å². The zero-order chi connectivity index (χ0) is 24.7. The number of nitrogens with one attached hydrogen (secondary N) is 1. The van der Waals surface area contributed by atoms with Gasteiger partial charge in [-0.2, -0.15) is 8.62 Å². The lowest BCUT2D eigenvalue weighted by molar-refractivity contribution is -0.163. The number of carbonyl (C=O) groups excluding carboxylic acids is 1. The number of carbonyl (C=O) groups is 1. The van der Waals surface area contributed by atoms with Gasteiger partial charge in [0.05, 0.1) is 6.61 Å². The third kappa shape index (κ3) is 6.45. The van der Waals surface area contributed by atoms with Crippen molar-refractivity contribution in [3.8, 4) is 0 Å². The lowest BCUT2D eigenvalue weighted by Crippen LogP contribution is -2.52. The third-order valence-electron chi connectivity index (χ3n) is 4.20. The second kappa shape index (κ2) is 9.51. The van der Waals surface area contributed by atoms with Crippen LogP contribution < -0.4 is 5.32 Å². The zero-order valence-electron chi connectivity index (χ0n) is 15.9. The van der Waals surface area contributed by atoms with Crippen molar-refractivity contribution in [1.29, 1.82) is 0 Å². The molecule has 1 saturated heterocycles. The van der Waals surface area contributed by atoms with Gasteiger partial charge in [0.25, 0.3) is 5.91 Å². The Labute approximate surface area is 184 Å². The molecule has 6 N–H and O–H groups in total. The molecule has 0 aromatic rings. The number of aliphatic hydroxyl groups is 1. The van der Waals surface area contributed by atoms with Crippen LogP contribution in [0.25, 0.3) is 0 Å². The number of phosphoric acid groups is 3.